The molecule has 2 atom stereocenters. The van der Waals surface area contributed by atoms with Gasteiger partial charge in [0.2, 0.25) is 6.29 Å². The van der Waals surface area contributed by atoms with Gasteiger partial charge in [-0.15, -0.1) is 11.3 Å². The van der Waals surface area contributed by atoms with Crippen LogP contribution < -0.4 is 5.32 Å². The molecule has 0 bridgehead atoms. The molecule has 3 N–H and O–H groups in total. The van der Waals surface area contributed by atoms with E-state index in [1.54, 1.807) is 11.3 Å². The Balaban J connectivity index is 1.33. The highest BCUT2D eigenvalue weighted by atomic mass is 32.1. The maximum Gasteiger partial charge on any atom is 0.286 e. The van der Waals surface area contributed by atoms with Gasteiger partial charge in [0.05, 0.1) is 24.2 Å². The first-order valence-electron chi connectivity index (χ1n) is 11.5. The predicted octanol–water partition coefficient (Wildman–Crippen LogP) is 4.60. The molecule has 0 saturated carbocycles. The molecule has 8 heteroatoms. The largest absolute Gasteiger partial charge is 0.459 e. The zero-order chi connectivity index (χ0) is 23.3. The number of hydrogen-bond acceptors (Lipinski definition) is 6. The van der Waals surface area contributed by atoms with Gasteiger partial charge >= 0.3 is 0 Å². The molecular weight excluding hydrogens is 450 g/mol. The van der Waals surface area contributed by atoms with Crippen molar-refractivity contribution < 1.29 is 19.4 Å². The highest BCUT2D eigenvalue weighted by Crippen LogP contribution is 2.38. The molecule has 0 saturated heterocycles. The quantitative estimate of drug-likeness (QED) is 0.306. The zero-order valence-corrected chi connectivity index (χ0v) is 19.5. The number of carbonyl (C=O) groups is 1. The van der Waals surface area contributed by atoms with Crippen molar-refractivity contribution in [2.24, 2.45) is 0 Å². The average molecular weight is 478 g/mol. The van der Waals surface area contributed by atoms with Gasteiger partial charge in [-0.3, -0.25) is 4.79 Å². The van der Waals surface area contributed by atoms with Crippen molar-refractivity contribution in [3.63, 3.8) is 0 Å². The monoisotopic (exact) mass is 477 g/mol. The van der Waals surface area contributed by atoms with E-state index in [1.165, 1.54) is 15.6 Å². The molecule has 7 nitrogen and oxygen atoms in total. The molecule has 0 unspecified atom stereocenters. The third kappa shape index (κ3) is 4.99. The molecule has 3 heterocycles. The van der Waals surface area contributed by atoms with E-state index >= 15 is 0 Å². The first-order valence-corrected chi connectivity index (χ1v) is 12.4. The van der Waals surface area contributed by atoms with Crippen molar-refractivity contribution in [2.45, 2.75) is 38.0 Å². The topological polar surface area (TPSA) is 96.5 Å². The fourth-order valence-corrected chi connectivity index (χ4v) is 5.22. The van der Waals surface area contributed by atoms with Crippen LogP contribution in [0.5, 0.6) is 0 Å². The number of aromatic nitrogens is 2. The van der Waals surface area contributed by atoms with Crippen LogP contribution in [0.15, 0.2) is 65.7 Å². The lowest BCUT2D eigenvalue weighted by molar-refractivity contribution is -0.146. The predicted molar refractivity (Wildman–Crippen MR) is 132 cm³/mol. The summed E-state index contributed by atoms with van der Waals surface area (Å²) < 4.78 is 13.1. The number of para-hydroxylation sites is 2. The summed E-state index contributed by atoms with van der Waals surface area (Å²) in [5.74, 6) is 0.645. The van der Waals surface area contributed by atoms with Crippen molar-refractivity contribution >= 4 is 38.4 Å². The number of rotatable bonds is 9. The SMILES string of the molecule is O=C(NCc1nc2ccccc2[nH]1)C1=C[C@@H](c2csc3ccccc23)C[C@@H](OCCCCO)O1. The molecule has 1 aliphatic heterocycles. The molecule has 0 spiro atoms. The number of amides is 1. The normalized spacial score (nSPS) is 18.1. The Morgan fingerprint density at radius 1 is 1.21 bits per heavy atom. The van der Waals surface area contributed by atoms with Gasteiger partial charge in [-0.25, -0.2) is 4.98 Å². The van der Waals surface area contributed by atoms with Gasteiger partial charge in [-0.2, -0.15) is 0 Å². The third-order valence-corrected chi connectivity index (χ3v) is 6.88. The second-order valence-corrected chi connectivity index (χ2v) is 9.20. The van der Waals surface area contributed by atoms with Crippen molar-refractivity contribution in [2.75, 3.05) is 13.2 Å². The van der Waals surface area contributed by atoms with Crippen LogP contribution >= 0.6 is 11.3 Å². The highest BCUT2D eigenvalue weighted by Gasteiger charge is 2.30. The van der Waals surface area contributed by atoms with E-state index < -0.39 is 6.29 Å². The number of hydrogen-bond donors (Lipinski definition) is 3. The van der Waals surface area contributed by atoms with Gasteiger partial charge in [0.25, 0.3) is 5.91 Å². The van der Waals surface area contributed by atoms with Crippen LogP contribution in [0.3, 0.4) is 0 Å². The molecule has 34 heavy (non-hydrogen) atoms. The number of H-pyrrole nitrogens is 1. The summed E-state index contributed by atoms with van der Waals surface area (Å²) in [6.45, 7) is 0.867. The van der Waals surface area contributed by atoms with E-state index in [9.17, 15) is 4.79 Å². The van der Waals surface area contributed by atoms with Crippen molar-refractivity contribution in [1.82, 2.24) is 15.3 Å². The number of aromatic amines is 1. The van der Waals surface area contributed by atoms with Crippen LogP contribution in [0.4, 0.5) is 0 Å². The molecule has 0 fully saturated rings. The summed E-state index contributed by atoms with van der Waals surface area (Å²) in [5, 5.41) is 15.3. The number of nitrogens with zero attached hydrogens (tertiary/aromatic N) is 1. The second kappa shape index (κ2) is 10.4. The number of imidazole rings is 1. The number of unbranched alkanes of at least 4 members (excludes halogenated alkanes) is 1. The van der Waals surface area contributed by atoms with Gasteiger partial charge in [0.1, 0.15) is 5.82 Å². The fraction of sp³-hybridized carbons (Fsp3) is 0.308. The highest BCUT2D eigenvalue weighted by molar-refractivity contribution is 7.17. The molecule has 0 radical (unpaired) electrons. The van der Waals surface area contributed by atoms with Gasteiger partial charge < -0.3 is 24.9 Å². The smallest absolute Gasteiger partial charge is 0.286 e. The molecule has 0 aliphatic carbocycles. The van der Waals surface area contributed by atoms with E-state index in [1.807, 2.05) is 42.5 Å². The van der Waals surface area contributed by atoms with Gasteiger partial charge in [0.15, 0.2) is 5.76 Å². The number of nitrogens with one attached hydrogen (secondary N) is 2. The number of ether oxygens (including phenoxy) is 2. The van der Waals surface area contributed by atoms with Gasteiger partial charge in [-0.05, 0) is 53.4 Å². The van der Waals surface area contributed by atoms with Crippen LogP contribution in [-0.2, 0) is 20.8 Å². The molecule has 176 valence electrons. The molecule has 2 aromatic heterocycles. The van der Waals surface area contributed by atoms with Crippen molar-refractivity contribution in [3.8, 4) is 0 Å². The van der Waals surface area contributed by atoms with Crippen molar-refractivity contribution in [3.05, 3.63) is 77.1 Å². The number of carbonyl (C=O) groups excluding carboxylic acids is 1. The molecule has 1 amide bonds. The van der Waals surface area contributed by atoms with E-state index in [2.05, 4.69) is 32.8 Å². The lowest BCUT2D eigenvalue weighted by atomic mass is 9.92. The minimum Gasteiger partial charge on any atom is -0.459 e. The fourth-order valence-electron chi connectivity index (χ4n) is 4.19. The second-order valence-electron chi connectivity index (χ2n) is 8.29. The van der Waals surface area contributed by atoms with Gasteiger partial charge in [-0.1, -0.05) is 30.3 Å². The van der Waals surface area contributed by atoms with E-state index in [-0.39, 0.29) is 30.7 Å². The Bertz CT molecular complexity index is 1280. The van der Waals surface area contributed by atoms with E-state index in [0.29, 0.717) is 25.3 Å². The Morgan fingerprint density at radius 2 is 2.06 bits per heavy atom. The van der Waals surface area contributed by atoms with Crippen LogP contribution in [-0.4, -0.2) is 40.5 Å². The molecular formula is C26H27N3O4S. The Kier molecular flexibility index (Phi) is 6.89. The summed E-state index contributed by atoms with van der Waals surface area (Å²) in [6, 6.07) is 16.0. The number of aliphatic hydroxyl groups is 1. The first-order chi connectivity index (χ1) is 16.7. The van der Waals surface area contributed by atoms with Crippen molar-refractivity contribution in [1.29, 1.82) is 0 Å². The maximum atomic E-state index is 13.1. The van der Waals surface area contributed by atoms with Crippen LogP contribution in [0.2, 0.25) is 0 Å². The summed E-state index contributed by atoms with van der Waals surface area (Å²) in [6.07, 6.45) is 3.40. The van der Waals surface area contributed by atoms with E-state index in [0.717, 1.165) is 17.5 Å². The van der Waals surface area contributed by atoms with Crippen LogP contribution in [0.1, 0.15) is 36.6 Å². The lowest BCUT2D eigenvalue weighted by Crippen LogP contribution is -2.33. The minimum atomic E-state index is -0.528. The average Bonchev–Trinajstić information content (AvgIpc) is 3.49. The number of benzene rings is 2. The maximum absolute atomic E-state index is 13.1. The van der Waals surface area contributed by atoms with E-state index in [4.69, 9.17) is 14.6 Å². The van der Waals surface area contributed by atoms with Crippen LogP contribution in [0, 0.1) is 0 Å². The Morgan fingerprint density at radius 3 is 2.94 bits per heavy atom. The summed E-state index contributed by atoms with van der Waals surface area (Å²) >= 11 is 1.70. The minimum absolute atomic E-state index is 0.000285. The zero-order valence-electron chi connectivity index (χ0n) is 18.7. The number of thiophene rings is 1. The Hall–Kier alpha value is -3.20. The molecule has 4 aromatic rings. The van der Waals surface area contributed by atoms with Gasteiger partial charge in [0, 0.05) is 23.6 Å². The summed E-state index contributed by atoms with van der Waals surface area (Å²) in [4.78, 5) is 20.8. The number of fused-ring (bicyclic) bond motifs is 2. The number of allylic oxidation sites excluding steroid dienone is 1. The summed E-state index contributed by atoms with van der Waals surface area (Å²) in [7, 11) is 0. The lowest BCUT2D eigenvalue weighted by Gasteiger charge is -2.29. The standard InChI is InChI=1S/C26H27N3O4S/c30-11-5-6-12-32-25-14-17(19-16-34-23-10-4-1-7-18(19)23)13-22(33-25)26(31)27-15-24-28-20-8-2-3-9-21(20)29-24/h1-4,7-10,13,16-17,25,30H,5-6,11-12,14-15H2,(H,27,31)(H,28,29)/t17-,25+/m1/s1. The molecule has 5 rings (SSSR count). The van der Waals surface area contributed by atoms with Crippen LogP contribution in [0.25, 0.3) is 21.1 Å². The summed E-state index contributed by atoms with van der Waals surface area (Å²) in [5.41, 5.74) is 2.97. The number of aliphatic hydroxyl groups excluding tert-OH is 1. The molecule has 2 aromatic carbocycles. The Labute approximate surface area is 201 Å². The third-order valence-electron chi connectivity index (χ3n) is 5.90. The first kappa shape index (κ1) is 22.6. The molecule has 1 aliphatic rings.